The van der Waals surface area contributed by atoms with Crippen LogP contribution in [0.25, 0.3) is 6.08 Å². The summed E-state index contributed by atoms with van der Waals surface area (Å²) in [7, 11) is 0. The second-order valence-electron chi connectivity index (χ2n) is 7.53. The maximum absolute atomic E-state index is 12.4. The van der Waals surface area contributed by atoms with E-state index in [2.05, 4.69) is 21.7 Å². The number of aliphatic imine (C=N–C) groups is 1. The number of piperazine rings is 1. The van der Waals surface area contributed by atoms with Gasteiger partial charge in [0.15, 0.2) is 5.17 Å². The maximum atomic E-state index is 12.4. The number of carbonyl (C=O) groups is 1. The first-order chi connectivity index (χ1) is 15.1. The Morgan fingerprint density at radius 1 is 1.03 bits per heavy atom. The molecule has 0 atom stereocenters. The molecule has 0 aliphatic carbocycles. The van der Waals surface area contributed by atoms with Gasteiger partial charge in [0.25, 0.3) is 5.91 Å². The molecule has 2 heterocycles. The van der Waals surface area contributed by atoms with Crippen molar-refractivity contribution in [2.45, 2.75) is 19.8 Å². The third-order valence-electron chi connectivity index (χ3n) is 5.30. The number of carbonyl (C=O) groups excluding carboxylic acids is 1. The van der Waals surface area contributed by atoms with E-state index in [9.17, 15) is 4.79 Å². The summed E-state index contributed by atoms with van der Waals surface area (Å²) in [6.07, 6.45) is 4.07. The molecule has 2 aromatic rings. The van der Waals surface area contributed by atoms with Gasteiger partial charge in [0.05, 0.1) is 11.5 Å². The van der Waals surface area contributed by atoms with Crippen LogP contribution in [0.15, 0.2) is 58.4 Å². The fraction of sp³-hybridized carbons (Fsp3) is 0.333. The minimum atomic E-state index is -0.164. The van der Waals surface area contributed by atoms with E-state index in [-0.39, 0.29) is 5.91 Å². The average molecular weight is 456 g/mol. The number of amides is 1. The largest absolute Gasteiger partial charge is 0.494 e. The lowest BCUT2D eigenvalue weighted by Gasteiger charge is -2.36. The summed E-state index contributed by atoms with van der Waals surface area (Å²) in [5.41, 5.74) is 2.14. The number of hydrogen-bond acceptors (Lipinski definition) is 5. The molecular weight excluding hydrogens is 430 g/mol. The van der Waals surface area contributed by atoms with Gasteiger partial charge in [-0.1, -0.05) is 37.1 Å². The Balaban J connectivity index is 1.33. The number of thioether (sulfide) groups is 1. The molecule has 0 saturated carbocycles. The van der Waals surface area contributed by atoms with Crippen LogP contribution >= 0.6 is 23.4 Å². The Hall–Kier alpha value is -2.44. The average Bonchev–Trinajstić information content (AvgIpc) is 3.16. The second-order valence-corrected chi connectivity index (χ2v) is 8.98. The topological polar surface area (TPSA) is 45.1 Å². The zero-order chi connectivity index (χ0) is 21.6. The fourth-order valence-corrected chi connectivity index (χ4v) is 4.58. The van der Waals surface area contributed by atoms with Crippen LogP contribution in [0.4, 0.5) is 5.69 Å². The lowest BCUT2D eigenvalue weighted by Crippen LogP contribution is -2.47. The standard InChI is InChI=1S/C24H26ClN3O2S/c1-2-3-16-30-21-10-4-18(5-11-21)17-22-23(29)26-24(31-22)28-14-12-27(13-15-28)20-8-6-19(25)7-9-20/h4-11,17H,2-3,12-16H2,1H3/b22-17+. The predicted octanol–water partition coefficient (Wildman–Crippen LogP) is 5.31. The van der Waals surface area contributed by atoms with Crippen LogP contribution in [0.5, 0.6) is 5.75 Å². The lowest BCUT2D eigenvalue weighted by molar-refractivity contribution is -0.113. The maximum Gasteiger partial charge on any atom is 0.286 e. The van der Waals surface area contributed by atoms with Crippen molar-refractivity contribution < 1.29 is 9.53 Å². The Kier molecular flexibility index (Phi) is 7.20. The van der Waals surface area contributed by atoms with Gasteiger partial charge in [0.2, 0.25) is 0 Å². The molecular formula is C24H26ClN3O2S. The van der Waals surface area contributed by atoms with E-state index in [1.807, 2.05) is 54.6 Å². The quantitative estimate of drug-likeness (QED) is 0.436. The number of nitrogens with zero attached hydrogens (tertiary/aromatic N) is 3. The van der Waals surface area contributed by atoms with Gasteiger partial charge in [0, 0.05) is 36.9 Å². The van der Waals surface area contributed by atoms with E-state index in [0.717, 1.165) is 67.1 Å². The van der Waals surface area contributed by atoms with Crippen molar-refractivity contribution in [3.05, 3.63) is 64.0 Å². The highest BCUT2D eigenvalue weighted by molar-refractivity contribution is 8.18. The van der Waals surface area contributed by atoms with Crippen molar-refractivity contribution in [1.29, 1.82) is 0 Å². The van der Waals surface area contributed by atoms with Gasteiger partial charge >= 0.3 is 0 Å². The molecule has 1 fully saturated rings. The van der Waals surface area contributed by atoms with E-state index >= 15 is 0 Å². The first kappa shape index (κ1) is 21.8. The lowest BCUT2D eigenvalue weighted by atomic mass is 10.2. The van der Waals surface area contributed by atoms with Crippen LogP contribution < -0.4 is 9.64 Å². The first-order valence-corrected chi connectivity index (χ1v) is 11.8. The van der Waals surface area contributed by atoms with Gasteiger partial charge in [-0.15, -0.1) is 0 Å². The highest BCUT2D eigenvalue weighted by Gasteiger charge is 2.28. The molecule has 0 aromatic heterocycles. The fourth-order valence-electron chi connectivity index (χ4n) is 3.49. The highest BCUT2D eigenvalue weighted by Crippen LogP contribution is 2.31. The third-order valence-corrected chi connectivity index (χ3v) is 6.59. The van der Waals surface area contributed by atoms with Crippen LogP contribution in [-0.2, 0) is 4.79 Å². The van der Waals surface area contributed by atoms with Crippen molar-refractivity contribution in [3.8, 4) is 5.75 Å². The van der Waals surface area contributed by atoms with Gasteiger partial charge in [-0.25, -0.2) is 0 Å². The number of halogens is 1. The number of anilines is 1. The number of unbranched alkanes of at least 4 members (excludes halogenated alkanes) is 1. The summed E-state index contributed by atoms with van der Waals surface area (Å²) < 4.78 is 5.70. The molecule has 0 bridgehead atoms. The molecule has 0 radical (unpaired) electrons. The molecule has 2 aromatic carbocycles. The molecule has 1 amide bonds. The van der Waals surface area contributed by atoms with Gasteiger partial charge < -0.3 is 14.5 Å². The molecule has 162 valence electrons. The number of amidine groups is 1. The van der Waals surface area contributed by atoms with Crippen molar-refractivity contribution >= 4 is 46.2 Å². The zero-order valence-electron chi connectivity index (χ0n) is 17.6. The van der Waals surface area contributed by atoms with Crippen LogP contribution in [-0.4, -0.2) is 48.8 Å². The van der Waals surface area contributed by atoms with Crippen molar-refractivity contribution in [2.24, 2.45) is 4.99 Å². The summed E-state index contributed by atoms with van der Waals surface area (Å²) in [6.45, 7) is 6.30. The molecule has 5 nitrogen and oxygen atoms in total. The van der Waals surface area contributed by atoms with Gasteiger partial charge in [-0.2, -0.15) is 4.99 Å². The molecule has 0 spiro atoms. The van der Waals surface area contributed by atoms with E-state index in [4.69, 9.17) is 16.3 Å². The number of rotatable bonds is 6. The second kappa shape index (κ2) is 10.2. The third kappa shape index (κ3) is 5.63. The monoisotopic (exact) mass is 455 g/mol. The SMILES string of the molecule is CCCCOc1ccc(/C=C2/SC(N3CCN(c4ccc(Cl)cc4)CC3)=NC2=O)cc1. The van der Waals surface area contributed by atoms with Crippen LogP contribution in [0.1, 0.15) is 25.3 Å². The Morgan fingerprint density at radius 2 is 1.71 bits per heavy atom. The Bertz CT molecular complexity index is 965. The molecule has 7 heteroatoms. The summed E-state index contributed by atoms with van der Waals surface area (Å²) in [5, 5.41) is 1.54. The van der Waals surface area contributed by atoms with E-state index in [1.54, 1.807) is 0 Å². The van der Waals surface area contributed by atoms with E-state index in [1.165, 1.54) is 17.4 Å². The van der Waals surface area contributed by atoms with Crippen LogP contribution in [0, 0.1) is 0 Å². The molecule has 0 unspecified atom stereocenters. The molecule has 0 N–H and O–H groups in total. The zero-order valence-corrected chi connectivity index (χ0v) is 19.2. The van der Waals surface area contributed by atoms with Gasteiger partial charge in [0.1, 0.15) is 5.75 Å². The molecule has 2 aliphatic heterocycles. The van der Waals surface area contributed by atoms with Crippen LogP contribution in [0.3, 0.4) is 0 Å². The summed E-state index contributed by atoms with van der Waals surface area (Å²) in [5.74, 6) is 0.694. The van der Waals surface area contributed by atoms with Gasteiger partial charge in [-0.3, -0.25) is 4.79 Å². The summed E-state index contributed by atoms with van der Waals surface area (Å²) in [6, 6.07) is 15.8. The smallest absolute Gasteiger partial charge is 0.286 e. The highest BCUT2D eigenvalue weighted by atomic mass is 35.5. The predicted molar refractivity (Wildman–Crippen MR) is 130 cm³/mol. The Morgan fingerprint density at radius 3 is 2.39 bits per heavy atom. The van der Waals surface area contributed by atoms with E-state index in [0.29, 0.717) is 4.91 Å². The Labute approximate surface area is 192 Å². The van der Waals surface area contributed by atoms with Crippen molar-refractivity contribution in [3.63, 3.8) is 0 Å². The minimum Gasteiger partial charge on any atom is -0.494 e. The van der Waals surface area contributed by atoms with Crippen molar-refractivity contribution in [2.75, 3.05) is 37.7 Å². The summed E-state index contributed by atoms with van der Waals surface area (Å²) in [4.78, 5) is 21.9. The van der Waals surface area contributed by atoms with E-state index < -0.39 is 0 Å². The normalized spacial score (nSPS) is 17.9. The number of benzene rings is 2. The summed E-state index contributed by atoms with van der Waals surface area (Å²) >= 11 is 7.45. The van der Waals surface area contributed by atoms with Crippen LogP contribution in [0.2, 0.25) is 5.02 Å². The van der Waals surface area contributed by atoms with Crippen molar-refractivity contribution in [1.82, 2.24) is 4.90 Å². The molecule has 31 heavy (non-hydrogen) atoms. The number of hydrogen-bond donors (Lipinski definition) is 0. The number of ether oxygens (including phenoxy) is 1. The minimum absolute atomic E-state index is 0.164. The van der Waals surface area contributed by atoms with Gasteiger partial charge in [-0.05, 0) is 66.2 Å². The molecule has 4 rings (SSSR count). The first-order valence-electron chi connectivity index (χ1n) is 10.6. The molecule has 2 aliphatic rings. The molecule has 1 saturated heterocycles.